The first-order chi connectivity index (χ1) is 14.7. The lowest BCUT2D eigenvalue weighted by Gasteiger charge is -2.28. The van der Waals surface area contributed by atoms with Crippen LogP contribution in [0.25, 0.3) is 10.2 Å². The molecule has 1 unspecified atom stereocenters. The number of amides is 2. The van der Waals surface area contributed by atoms with Crippen LogP contribution < -0.4 is 5.32 Å². The Labute approximate surface area is 181 Å². The number of carbonyl (C=O) groups excluding carboxylic acids is 2. The van der Waals surface area contributed by atoms with E-state index >= 15 is 0 Å². The number of thiophene rings is 1. The minimum Gasteiger partial charge on any atom is -0.383 e. The monoisotopic (exact) mass is 430 g/mol. The third-order valence-electron chi connectivity index (χ3n) is 6.05. The zero-order valence-corrected chi connectivity index (χ0v) is 18.4. The third kappa shape index (κ3) is 4.66. The number of methoxy groups -OCH3 is 1. The first-order valence-electron chi connectivity index (χ1n) is 10.8. The second-order valence-corrected chi connectivity index (χ2v) is 9.11. The van der Waals surface area contributed by atoms with Crippen LogP contribution in [0.15, 0.2) is 18.3 Å². The molecule has 0 aromatic carbocycles. The van der Waals surface area contributed by atoms with Crippen molar-refractivity contribution in [1.82, 2.24) is 20.1 Å². The van der Waals surface area contributed by atoms with Crippen molar-refractivity contribution in [2.75, 3.05) is 53.0 Å². The van der Waals surface area contributed by atoms with E-state index in [1.807, 2.05) is 11.0 Å². The minimum absolute atomic E-state index is 0.0621. The number of hydrogen-bond acceptors (Lipinski definition) is 6. The molecule has 8 heteroatoms. The Balaban J connectivity index is 1.49. The number of likely N-dealkylation sites (tertiary alicyclic amines) is 2. The summed E-state index contributed by atoms with van der Waals surface area (Å²) in [4.78, 5) is 35.9. The molecule has 7 nitrogen and oxygen atoms in total. The molecule has 4 rings (SSSR count). The van der Waals surface area contributed by atoms with E-state index in [0.29, 0.717) is 19.7 Å². The molecule has 2 fully saturated rings. The Morgan fingerprint density at radius 1 is 1.27 bits per heavy atom. The molecule has 2 aliphatic heterocycles. The zero-order valence-electron chi connectivity index (χ0n) is 17.6. The van der Waals surface area contributed by atoms with Crippen LogP contribution in [0.4, 0.5) is 0 Å². The molecule has 1 N–H and O–H groups in total. The number of ether oxygens (including phenoxy) is 1. The summed E-state index contributed by atoms with van der Waals surface area (Å²) in [5.74, 6) is 0.415. The van der Waals surface area contributed by atoms with Crippen molar-refractivity contribution in [3.8, 4) is 0 Å². The molecule has 2 aromatic rings. The molecule has 162 valence electrons. The standard InChI is InChI=1S/C22H30N4O3S/c1-29-13-9-23-21(28)20-19(17-6-5-8-24-22(17)30-20)16-7-12-25(14-16)15-18(27)26-10-3-2-4-11-26/h5-6,8,16H,2-4,7,9-15H2,1H3,(H,23,28). The van der Waals surface area contributed by atoms with Gasteiger partial charge in [-0.2, -0.15) is 0 Å². The molecule has 1 atom stereocenters. The van der Waals surface area contributed by atoms with E-state index in [2.05, 4.69) is 21.3 Å². The highest BCUT2D eigenvalue weighted by Gasteiger charge is 2.32. The van der Waals surface area contributed by atoms with Gasteiger partial charge in [0.2, 0.25) is 5.91 Å². The molecule has 0 saturated carbocycles. The fraction of sp³-hybridized carbons (Fsp3) is 0.591. The quantitative estimate of drug-likeness (QED) is 0.683. The maximum absolute atomic E-state index is 12.9. The fourth-order valence-corrected chi connectivity index (χ4v) is 5.66. The van der Waals surface area contributed by atoms with Gasteiger partial charge in [0.05, 0.1) is 18.0 Å². The van der Waals surface area contributed by atoms with E-state index in [1.165, 1.54) is 17.8 Å². The Hall–Kier alpha value is -2.03. The third-order valence-corrected chi connectivity index (χ3v) is 7.18. The SMILES string of the molecule is COCCNC(=O)c1sc2ncccc2c1C1CCN(CC(=O)N2CCCCC2)C1. The number of nitrogens with one attached hydrogen (secondary N) is 1. The van der Waals surface area contributed by atoms with Crippen molar-refractivity contribution < 1.29 is 14.3 Å². The largest absolute Gasteiger partial charge is 0.383 e. The van der Waals surface area contributed by atoms with Gasteiger partial charge in [-0.3, -0.25) is 14.5 Å². The second-order valence-electron chi connectivity index (χ2n) is 8.11. The van der Waals surface area contributed by atoms with Crippen LogP contribution in [0.5, 0.6) is 0 Å². The number of piperidine rings is 1. The first kappa shape index (κ1) is 21.2. The second kappa shape index (κ2) is 9.85. The van der Waals surface area contributed by atoms with Crippen LogP contribution in [0, 0.1) is 0 Å². The number of carbonyl (C=O) groups is 2. The molecular weight excluding hydrogens is 400 g/mol. The molecule has 2 aromatic heterocycles. The van der Waals surface area contributed by atoms with Crippen LogP contribution >= 0.6 is 11.3 Å². The normalized spacial score (nSPS) is 20.0. The summed E-state index contributed by atoms with van der Waals surface area (Å²) in [6.45, 7) is 4.92. The Morgan fingerprint density at radius 2 is 2.10 bits per heavy atom. The number of hydrogen-bond donors (Lipinski definition) is 1. The summed E-state index contributed by atoms with van der Waals surface area (Å²) in [5.41, 5.74) is 1.09. The van der Waals surface area contributed by atoms with Crippen LogP contribution in [0.2, 0.25) is 0 Å². The van der Waals surface area contributed by atoms with E-state index in [-0.39, 0.29) is 17.7 Å². The average Bonchev–Trinajstić information content (AvgIpc) is 3.38. The van der Waals surface area contributed by atoms with Crippen LogP contribution in [-0.4, -0.2) is 79.6 Å². The number of rotatable bonds is 7. The van der Waals surface area contributed by atoms with Gasteiger partial charge in [0.15, 0.2) is 0 Å². The van der Waals surface area contributed by atoms with Gasteiger partial charge in [0.1, 0.15) is 4.83 Å². The van der Waals surface area contributed by atoms with Crippen molar-refractivity contribution in [3.63, 3.8) is 0 Å². The summed E-state index contributed by atoms with van der Waals surface area (Å²) in [6.07, 6.45) is 6.18. The molecule has 0 spiro atoms. The van der Waals surface area contributed by atoms with E-state index < -0.39 is 0 Å². The summed E-state index contributed by atoms with van der Waals surface area (Å²) in [5, 5.41) is 4.02. The number of pyridine rings is 1. The Morgan fingerprint density at radius 3 is 2.90 bits per heavy atom. The van der Waals surface area contributed by atoms with Crippen LogP contribution in [-0.2, 0) is 9.53 Å². The lowest BCUT2D eigenvalue weighted by Crippen LogP contribution is -2.42. The molecule has 0 aliphatic carbocycles. The highest BCUT2D eigenvalue weighted by Crippen LogP contribution is 2.39. The summed E-state index contributed by atoms with van der Waals surface area (Å²) in [7, 11) is 1.62. The van der Waals surface area contributed by atoms with Crippen molar-refractivity contribution >= 4 is 33.4 Å². The van der Waals surface area contributed by atoms with Gasteiger partial charge in [-0.1, -0.05) is 6.07 Å². The lowest BCUT2D eigenvalue weighted by atomic mass is 9.95. The molecule has 30 heavy (non-hydrogen) atoms. The maximum atomic E-state index is 12.9. The predicted molar refractivity (Wildman–Crippen MR) is 118 cm³/mol. The fourth-order valence-electron chi connectivity index (χ4n) is 4.52. The number of nitrogens with zero attached hydrogens (tertiary/aromatic N) is 3. The summed E-state index contributed by atoms with van der Waals surface area (Å²) < 4.78 is 5.05. The van der Waals surface area contributed by atoms with E-state index in [1.54, 1.807) is 13.3 Å². The molecule has 0 bridgehead atoms. The number of aromatic nitrogens is 1. The zero-order chi connectivity index (χ0) is 20.9. The number of fused-ring (bicyclic) bond motifs is 1. The molecule has 2 amide bonds. The van der Waals surface area contributed by atoms with Crippen molar-refractivity contribution in [3.05, 3.63) is 28.8 Å². The predicted octanol–water partition coefficient (Wildman–Crippen LogP) is 2.47. The van der Waals surface area contributed by atoms with Gasteiger partial charge < -0.3 is 15.0 Å². The molecule has 2 saturated heterocycles. The van der Waals surface area contributed by atoms with Gasteiger partial charge in [-0.05, 0) is 43.9 Å². The topological polar surface area (TPSA) is 74.8 Å². The van der Waals surface area contributed by atoms with Gasteiger partial charge in [-0.15, -0.1) is 11.3 Å². The van der Waals surface area contributed by atoms with E-state index in [0.717, 1.165) is 66.1 Å². The maximum Gasteiger partial charge on any atom is 0.261 e. The van der Waals surface area contributed by atoms with E-state index in [9.17, 15) is 9.59 Å². The smallest absolute Gasteiger partial charge is 0.261 e. The summed E-state index contributed by atoms with van der Waals surface area (Å²) in [6, 6.07) is 3.99. The highest BCUT2D eigenvalue weighted by atomic mass is 32.1. The van der Waals surface area contributed by atoms with Crippen molar-refractivity contribution in [2.45, 2.75) is 31.6 Å². The van der Waals surface area contributed by atoms with Crippen LogP contribution in [0.1, 0.15) is 46.8 Å². The van der Waals surface area contributed by atoms with E-state index in [4.69, 9.17) is 4.74 Å². The molecule has 2 aliphatic rings. The van der Waals surface area contributed by atoms with Gasteiger partial charge >= 0.3 is 0 Å². The molecule has 4 heterocycles. The molecular formula is C22H30N4O3S. The Bertz CT molecular complexity index is 894. The van der Waals surface area contributed by atoms with Crippen molar-refractivity contribution in [1.29, 1.82) is 0 Å². The first-order valence-corrected chi connectivity index (χ1v) is 11.6. The molecule has 0 radical (unpaired) electrons. The van der Waals surface area contributed by atoms with Crippen LogP contribution in [0.3, 0.4) is 0 Å². The van der Waals surface area contributed by atoms with Gasteiger partial charge in [-0.25, -0.2) is 4.98 Å². The summed E-state index contributed by atoms with van der Waals surface area (Å²) >= 11 is 1.46. The highest BCUT2D eigenvalue weighted by molar-refractivity contribution is 7.20. The minimum atomic E-state index is -0.0621. The Kier molecular flexibility index (Phi) is 6.97. The van der Waals surface area contributed by atoms with Gasteiger partial charge in [0, 0.05) is 50.8 Å². The lowest BCUT2D eigenvalue weighted by molar-refractivity contribution is -0.133. The van der Waals surface area contributed by atoms with Crippen molar-refractivity contribution in [2.24, 2.45) is 0 Å². The average molecular weight is 431 g/mol. The van der Waals surface area contributed by atoms with Gasteiger partial charge in [0.25, 0.3) is 5.91 Å².